The predicted molar refractivity (Wildman–Crippen MR) is 77.8 cm³/mol. The van der Waals surface area contributed by atoms with Gasteiger partial charge in [0.2, 0.25) is 0 Å². The van der Waals surface area contributed by atoms with Crippen molar-refractivity contribution in [2.45, 2.75) is 25.0 Å². The monoisotopic (exact) mass is 343 g/mol. The number of amides is 1. The number of carbonyl (C=O) groups excluding carboxylic acids is 1. The normalized spacial score (nSPS) is 25.5. The van der Waals surface area contributed by atoms with Crippen molar-refractivity contribution >= 4 is 21.8 Å². The minimum absolute atomic E-state index is 0.0591. The van der Waals surface area contributed by atoms with E-state index in [1.807, 2.05) is 0 Å². The number of nitrogens with one attached hydrogen (secondary N) is 1. The van der Waals surface area contributed by atoms with Crippen LogP contribution in [0.25, 0.3) is 0 Å². The molecule has 3 atom stereocenters. The van der Waals surface area contributed by atoms with Crippen LogP contribution in [-0.2, 0) is 0 Å². The van der Waals surface area contributed by atoms with Crippen LogP contribution in [0.4, 0.5) is 0 Å². The number of carbonyl (C=O) groups is 1. The van der Waals surface area contributed by atoms with E-state index < -0.39 is 6.10 Å². The zero-order valence-electron chi connectivity index (χ0n) is 11.2. The van der Waals surface area contributed by atoms with E-state index in [0.29, 0.717) is 28.6 Å². The molecule has 1 aromatic carbocycles. The summed E-state index contributed by atoms with van der Waals surface area (Å²) in [5.74, 6) is 0.235. The molecule has 110 valence electrons. The summed E-state index contributed by atoms with van der Waals surface area (Å²) in [4.78, 5) is 12.3. The first-order valence-electron chi connectivity index (χ1n) is 6.48. The molecule has 1 aliphatic carbocycles. The number of methoxy groups -OCH3 is 1. The second-order valence-corrected chi connectivity index (χ2v) is 5.85. The smallest absolute Gasteiger partial charge is 0.252 e. The first-order chi connectivity index (χ1) is 9.55. The Hall–Kier alpha value is -1.11. The SMILES string of the molecule is COc1ccc(Br)c(C(=O)N[C@H]2C[C@@H](CO)[C@@H](O)C2)c1. The number of rotatable bonds is 4. The molecule has 2 rings (SSSR count). The zero-order valence-corrected chi connectivity index (χ0v) is 12.8. The van der Waals surface area contributed by atoms with Gasteiger partial charge in [0, 0.05) is 23.0 Å². The van der Waals surface area contributed by atoms with Crippen LogP contribution in [0.5, 0.6) is 5.75 Å². The highest BCUT2D eigenvalue weighted by Gasteiger charge is 2.33. The highest BCUT2D eigenvalue weighted by molar-refractivity contribution is 9.10. The Morgan fingerprint density at radius 1 is 1.50 bits per heavy atom. The van der Waals surface area contributed by atoms with Crippen molar-refractivity contribution in [1.82, 2.24) is 5.32 Å². The summed E-state index contributed by atoms with van der Waals surface area (Å²) < 4.78 is 5.80. The highest BCUT2D eigenvalue weighted by Crippen LogP contribution is 2.27. The number of benzene rings is 1. The van der Waals surface area contributed by atoms with Crippen LogP contribution in [0.3, 0.4) is 0 Å². The van der Waals surface area contributed by atoms with Crippen LogP contribution in [0.1, 0.15) is 23.2 Å². The van der Waals surface area contributed by atoms with Gasteiger partial charge in [-0.1, -0.05) is 0 Å². The summed E-state index contributed by atoms with van der Waals surface area (Å²) in [5, 5.41) is 21.7. The molecule has 0 aromatic heterocycles. The predicted octanol–water partition coefficient (Wildman–Crippen LogP) is 1.32. The lowest BCUT2D eigenvalue weighted by molar-refractivity contribution is 0.0903. The molecule has 0 radical (unpaired) electrons. The van der Waals surface area contributed by atoms with Crippen molar-refractivity contribution < 1.29 is 19.7 Å². The van der Waals surface area contributed by atoms with Gasteiger partial charge in [0.25, 0.3) is 5.91 Å². The largest absolute Gasteiger partial charge is 0.497 e. The van der Waals surface area contributed by atoms with Gasteiger partial charge in [0.1, 0.15) is 5.75 Å². The molecular weight excluding hydrogens is 326 g/mol. The van der Waals surface area contributed by atoms with E-state index in [0.717, 1.165) is 0 Å². The Kier molecular flexibility index (Phi) is 5.01. The van der Waals surface area contributed by atoms with E-state index in [1.165, 1.54) is 0 Å². The van der Waals surface area contributed by atoms with E-state index in [4.69, 9.17) is 9.84 Å². The van der Waals surface area contributed by atoms with Gasteiger partial charge in [-0.25, -0.2) is 0 Å². The number of hydrogen-bond donors (Lipinski definition) is 3. The first-order valence-corrected chi connectivity index (χ1v) is 7.27. The maximum atomic E-state index is 12.3. The molecule has 0 heterocycles. The Morgan fingerprint density at radius 3 is 2.85 bits per heavy atom. The summed E-state index contributed by atoms with van der Waals surface area (Å²) in [7, 11) is 1.55. The van der Waals surface area contributed by atoms with Gasteiger partial charge in [-0.2, -0.15) is 0 Å². The Balaban J connectivity index is 2.06. The number of hydrogen-bond acceptors (Lipinski definition) is 4. The number of ether oxygens (including phenoxy) is 1. The van der Waals surface area contributed by atoms with Crippen LogP contribution in [0.15, 0.2) is 22.7 Å². The van der Waals surface area contributed by atoms with Gasteiger partial charge < -0.3 is 20.3 Å². The molecule has 0 aliphatic heterocycles. The van der Waals surface area contributed by atoms with E-state index in [2.05, 4.69) is 21.2 Å². The molecule has 20 heavy (non-hydrogen) atoms. The van der Waals surface area contributed by atoms with E-state index in [-0.39, 0.29) is 24.5 Å². The fraction of sp³-hybridized carbons (Fsp3) is 0.500. The molecule has 0 saturated heterocycles. The molecule has 1 fully saturated rings. The topological polar surface area (TPSA) is 78.8 Å². The average molecular weight is 344 g/mol. The van der Waals surface area contributed by atoms with Gasteiger partial charge in [0.15, 0.2) is 0 Å². The van der Waals surface area contributed by atoms with Crippen molar-refractivity contribution in [2.75, 3.05) is 13.7 Å². The zero-order chi connectivity index (χ0) is 14.7. The lowest BCUT2D eigenvalue weighted by atomic mass is 10.1. The fourth-order valence-electron chi connectivity index (χ4n) is 2.49. The standard InChI is InChI=1S/C14H18BrNO4/c1-20-10-2-3-12(15)11(6-10)14(19)16-9-4-8(7-17)13(18)5-9/h2-3,6,8-9,13,17-18H,4-5,7H2,1H3,(H,16,19)/t8-,9-,13-/m0/s1. The second kappa shape index (κ2) is 6.56. The maximum absolute atomic E-state index is 12.3. The van der Waals surface area contributed by atoms with Gasteiger partial charge in [0.05, 0.1) is 18.8 Å². The molecular formula is C14H18BrNO4. The van der Waals surface area contributed by atoms with Crippen LogP contribution < -0.4 is 10.1 Å². The summed E-state index contributed by atoms with van der Waals surface area (Å²) in [6, 6.07) is 5.07. The third-order valence-electron chi connectivity index (χ3n) is 3.65. The summed E-state index contributed by atoms with van der Waals surface area (Å²) in [5.41, 5.74) is 0.492. The summed E-state index contributed by atoms with van der Waals surface area (Å²) >= 11 is 3.34. The van der Waals surface area contributed by atoms with Gasteiger partial charge in [-0.3, -0.25) is 4.79 Å². The minimum Gasteiger partial charge on any atom is -0.497 e. The fourth-order valence-corrected chi connectivity index (χ4v) is 2.91. The van der Waals surface area contributed by atoms with Crippen LogP contribution in [-0.4, -0.2) is 42.0 Å². The van der Waals surface area contributed by atoms with Gasteiger partial charge >= 0.3 is 0 Å². The Labute approximate surface area is 126 Å². The van der Waals surface area contributed by atoms with Crippen LogP contribution in [0, 0.1) is 5.92 Å². The summed E-state index contributed by atoms with van der Waals surface area (Å²) in [6.07, 6.45) is 0.503. The molecule has 0 spiro atoms. The molecule has 1 amide bonds. The number of aliphatic hydroxyl groups is 2. The van der Waals surface area contributed by atoms with Crippen molar-refractivity contribution in [3.05, 3.63) is 28.2 Å². The minimum atomic E-state index is -0.556. The Bertz CT molecular complexity index is 494. The molecule has 1 saturated carbocycles. The Morgan fingerprint density at radius 2 is 2.25 bits per heavy atom. The van der Waals surface area contributed by atoms with Crippen LogP contribution >= 0.6 is 15.9 Å². The molecule has 1 aliphatic rings. The van der Waals surface area contributed by atoms with Gasteiger partial charge in [-0.15, -0.1) is 0 Å². The quantitative estimate of drug-likeness (QED) is 0.770. The number of aliphatic hydroxyl groups excluding tert-OH is 2. The van der Waals surface area contributed by atoms with Crippen molar-refractivity contribution in [3.63, 3.8) is 0 Å². The molecule has 0 unspecified atom stereocenters. The first kappa shape index (κ1) is 15.3. The second-order valence-electron chi connectivity index (χ2n) is 5.00. The molecule has 3 N–H and O–H groups in total. The molecule has 6 heteroatoms. The van der Waals surface area contributed by atoms with Gasteiger partial charge in [-0.05, 0) is 47.0 Å². The average Bonchev–Trinajstić information content (AvgIpc) is 2.79. The van der Waals surface area contributed by atoms with E-state index in [9.17, 15) is 9.90 Å². The maximum Gasteiger partial charge on any atom is 0.252 e. The molecule has 5 nitrogen and oxygen atoms in total. The third kappa shape index (κ3) is 3.31. The van der Waals surface area contributed by atoms with Crippen molar-refractivity contribution in [3.8, 4) is 5.75 Å². The highest BCUT2D eigenvalue weighted by atomic mass is 79.9. The number of halogens is 1. The molecule has 1 aromatic rings. The van der Waals surface area contributed by atoms with E-state index in [1.54, 1.807) is 25.3 Å². The lowest BCUT2D eigenvalue weighted by Gasteiger charge is -2.14. The van der Waals surface area contributed by atoms with E-state index >= 15 is 0 Å². The molecule has 0 bridgehead atoms. The lowest BCUT2D eigenvalue weighted by Crippen LogP contribution is -2.33. The summed E-state index contributed by atoms with van der Waals surface area (Å²) in [6.45, 7) is -0.0591. The van der Waals surface area contributed by atoms with Crippen LogP contribution in [0.2, 0.25) is 0 Å². The van der Waals surface area contributed by atoms with Crippen molar-refractivity contribution in [1.29, 1.82) is 0 Å². The third-order valence-corrected chi connectivity index (χ3v) is 4.34. The van der Waals surface area contributed by atoms with Crippen molar-refractivity contribution in [2.24, 2.45) is 5.92 Å².